The average Bonchev–Trinajstić information content (AvgIpc) is 3.14. The molecule has 3 aromatic rings. The van der Waals surface area contributed by atoms with Crippen LogP contribution >= 0.6 is 0 Å². The highest BCUT2D eigenvalue weighted by molar-refractivity contribution is 5.93. The number of carbonyl (C=O) groups is 4. The molecule has 11 nitrogen and oxygen atoms in total. The monoisotopic (exact) mass is 713 g/mol. The van der Waals surface area contributed by atoms with Gasteiger partial charge >= 0.3 is 23.9 Å². The van der Waals surface area contributed by atoms with Gasteiger partial charge in [-0.05, 0) is 119 Å². The maximum absolute atomic E-state index is 12.8. The number of benzene rings is 3. The summed E-state index contributed by atoms with van der Waals surface area (Å²) in [6.07, 6.45) is 6.23. The molecule has 0 aliphatic rings. The molecule has 0 spiro atoms. The van der Waals surface area contributed by atoms with Gasteiger partial charge in [-0.1, -0.05) is 19.2 Å². The molecule has 3 rings (SSSR count). The van der Waals surface area contributed by atoms with Crippen molar-refractivity contribution in [2.75, 3.05) is 33.0 Å². The van der Waals surface area contributed by atoms with Gasteiger partial charge in [-0.3, -0.25) is 0 Å². The lowest BCUT2D eigenvalue weighted by atomic mass is 10.1. The molecule has 3 aromatic carbocycles. The Morgan fingerprint density at radius 1 is 0.596 bits per heavy atom. The summed E-state index contributed by atoms with van der Waals surface area (Å²) in [4.78, 5) is 48.1. The Balaban J connectivity index is 1.35. The number of hydrogen-bond donors (Lipinski definition) is 1. The largest absolute Gasteiger partial charge is 0.494 e. The Morgan fingerprint density at radius 3 is 1.56 bits per heavy atom. The normalized spacial score (nSPS) is 10.4. The molecule has 52 heavy (non-hydrogen) atoms. The highest BCUT2D eigenvalue weighted by atomic mass is 16.5. The first-order valence-electron chi connectivity index (χ1n) is 17.2. The zero-order valence-corrected chi connectivity index (χ0v) is 29.9. The maximum atomic E-state index is 12.8. The fraction of sp³-hybridized carbons (Fsp3) is 0.341. The lowest BCUT2D eigenvalue weighted by Crippen LogP contribution is -2.11. The van der Waals surface area contributed by atoms with Crippen molar-refractivity contribution in [3.63, 3.8) is 0 Å². The molecule has 11 heteroatoms. The van der Waals surface area contributed by atoms with Crippen LogP contribution in [0.1, 0.15) is 84.2 Å². The van der Waals surface area contributed by atoms with Crippen LogP contribution in [0.4, 0.5) is 0 Å². The molecule has 0 fully saturated rings. The molecule has 0 saturated carbocycles. The van der Waals surface area contributed by atoms with Gasteiger partial charge in [0.25, 0.3) is 0 Å². The lowest BCUT2D eigenvalue weighted by Gasteiger charge is -2.11. The van der Waals surface area contributed by atoms with Crippen molar-refractivity contribution in [3.05, 3.63) is 113 Å². The molecule has 0 unspecified atom stereocenters. The molecular weight excluding hydrogens is 666 g/mol. The van der Waals surface area contributed by atoms with Crippen LogP contribution in [0.2, 0.25) is 0 Å². The van der Waals surface area contributed by atoms with Gasteiger partial charge < -0.3 is 33.8 Å². The smallest absolute Gasteiger partial charge is 0.343 e. The third-order valence-electron chi connectivity index (χ3n) is 7.51. The van der Waals surface area contributed by atoms with E-state index in [9.17, 15) is 19.2 Å². The second-order valence-electron chi connectivity index (χ2n) is 12.0. The first kappa shape index (κ1) is 40.7. The molecule has 0 radical (unpaired) electrons. The van der Waals surface area contributed by atoms with Crippen LogP contribution in [0.3, 0.4) is 0 Å². The summed E-state index contributed by atoms with van der Waals surface area (Å²) in [5.74, 6) is -0.319. The molecule has 0 aromatic heterocycles. The minimum Gasteiger partial charge on any atom is -0.494 e. The number of unbranched alkanes of at least 4 members (excludes halogenated alkanes) is 4. The minimum absolute atomic E-state index is 0.120. The van der Waals surface area contributed by atoms with Gasteiger partial charge in [-0.2, -0.15) is 0 Å². The van der Waals surface area contributed by atoms with Crippen molar-refractivity contribution in [1.82, 2.24) is 0 Å². The Bertz CT molecular complexity index is 1680. The van der Waals surface area contributed by atoms with Crippen LogP contribution in [0.25, 0.3) is 0 Å². The Morgan fingerprint density at radius 2 is 1.08 bits per heavy atom. The van der Waals surface area contributed by atoms with Crippen molar-refractivity contribution in [2.45, 2.75) is 58.8 Å². The molecule has 0 aliphatic carbocycles. The Labute approximate surface area is 305 Å². The number of ether oxygens (including phenoxy) is 6. The fourth-order valence-electron chi connectivity index (χ4n) is 4.56. The van der Waals surface area contributed by atoms with Crippen molar-refractivity contribution >= 4 is 30.1 Å². The highest BCUT2D eigenvalue weighted by Gasteiger charge is 2.13. The first-order chi connectivity index (χ1) is 25.1. The molecule has 1 N–H and O–H groups in total. The molecule has 0 bridgehead atoms. The zero-order chi connectivity index (χ0) is 37.7. The van der Waals surface area contributed by atoms with Crippen LogP contribution in [0.5, 0.6) is 17.2 Å². The van der Waals surface area contributed by atoms with Crippen LogP contribution in [-0.2, 0) is 30.2 Å². The van der Waals surface area contributed by atoms with Gasteiger partial charge in [0.15, 0.2) is 0 Å². The summed E-state index contributed by atoms with van der Waals surface area (Å²) in [6.45, 7) is 12.1. The zero-order valence-electron chi connectivity index (χ0n) is 29.9. The minimum atomic E-state index is -0.573. The van der Waals surface area contributed by atoms with Gasteiger partial charge in [-0.15, -0.1) is 0 Å². The summed E-state index contributed by atoms with van der Waals surface area (Å²) in [6, 6.07) is 18.4. The first-order valence-corrected chi connectivity index (χ1v) is 17.2. The van der Waals surface area contributed by atoms with Crippen LogP contribution < -0.4 is 14.2 Å². The molecule has 0 amide bonds. The Kier molecular flexibility index (Phi) is 17.4. The topological polar surface area (TPSA) is 148 Å². The number of carbonyl (C=O) groups excluding carboxylic acids is 4. The Hall–Kier alpha value is -5.71. The van der Waals surface area contributed by atoms with E-state index in [1.54, 1.807) is 80.6 Å². The molecule has 0 saturated heterocycles. The summed E-state index contributed by atoms with van der Waals surface area (Å²) in [5.41, 5.74) is 2.70. The molecule has 0 heterocycles. The van der Waals surface area contributed by atoms with Crippen molar-refractivity contribution in [2.24, 2.45) is 0 Å². The SMILES string of the molecule is C=C(C)C(=O)OCCCCCOc1ccc(C(=O)OCCc2ccc(OC(=O)c3ccc(OCCCCCOC(=O)C(=C)C)cc3)c(C=N)c2)cc1. The summed E-state index contributed by atoms with van der Waals surface area (Å²) >= 11 is 0. The van der Waals surface area contributed by atoms with E-state index in [1.807, 2.05) is 0 Å². The fourth-order valence-corrected chi connectivity index (χ4v) is 4.56. The van der Waals surface area contributed by atoms with E-state index in [-0.39, 0.29) is 24.3 Å². The summed E-state index contributed by atoms with van der Waals surface area (Å²) < 4.78 is 32.6. The number of esters is 4. The standard InChI is InChI=1S/C41H47NO10/c1-29(2)38(43)49-24-9-5-7-22-47-35-16-12-32(13-17-35)40(45)51-26-21-31-11-20-37(34(27-31)28-42)52-41(46)33-14-18-36(19-15-33)48-23-8-6-10-25-50-39(44)30(3)4/h11-20,27-28,42H,1,3,5-10,21-26H2,2,4H3. The predicted octanol–water partition coefficient (Wildman–Crippen LogP) is 7.64. The van der Waals surface area contributed by atoms with Gasteiger partial charge in [0.05, 0.1) is 44.2 Å². The number of hydrogen-bond acceptors (Lipinski definition) is 11. The highest BCUT2D eigenvalue weighted by Crippen LogP contribution is 2.22. The van der Waals surface area contributed by atoms with Crippen LogP contribution in [0.15, 0.2) is 91.0 Å². The second-order valence-corrected chi connectivity index (χ2v) is 12.0. The molecule has 0 atom stereocenters. The van der Waals surface area contributed by atoms with Crippen LogP contribution in [-0.4, -0.2) is 63.1 Å². The van der Waals surface area contributed by atoms with E-state index >= 15 is 0 Å². The quantitative estimate of drug-likeness (QED) is 0.0260. The van der Waals surface area contributed by atoms with Crippen LogP contribution in [0, 0.1) is 5.41 Å². The number of rotatable bonds is 23. The second kappa shape index (κ2) is 22.2. The molecule has 0 aliphatic heterocycles. The maximum Gasteiger partial charge on any atom is 0.343 e. The van der Waals surface area contributed by atoms with E-state index in [0.29, 0.717) is 72.2 Å². The van der Waals surface area contributed by atoms with Gasteiger partial charge in [0.2, 0.25) is 0 Å². The van der Waals surface area contributed by atoms with Gasteiger partial charge in [-0.25, -0.2) is 19.2 Å². The third kappa shape index (κ3) is 14.6. The number of nitrogens with one attached hydrogen (secondary N) is 1. The van der Waals surface area contributed by atoms with E-state index in [4.69, 9.17) is 33.8 Å². The lowest BCUT2D eigenvalue weighted by molar-refractivity contribution is -0.139. The van der Waals surface area contributed by atoms with Crippen molar-refractivity contribution < 1.29 is 47.6 Å². The third-order valence-corrected chi connectivity index (χ3v) is 7.51. The van der Waals surface area contributed by atoms with E-state index < -0.39 is 11.9 Å². The predicted molar refractivity (Wildman–Crippen MR) is 196 cm³/mol. The van der Waals surface area contributed by atoms with Crippen molar-refractivity contribution in [3.8, 4) is 17.2 Å². The summed E-state index contributed by atoms with van der Waals surface area (Å²) in [7, 11) is 0. The van der Waals surface area contributed by atoms with E-state index in [0.717, 1.165) is 50.3 Å². The summed E-state index contributed by atoms with van der Waals surface area (Å²) in [5, 5.41) is 7.82. The van der Waals surface area contributed by atoms with Gasteiger partial charge in [0.1, 0.15) is 17.2 Å². The molecular formula is C41H47NO10. The average molecular weight is 714 g/mol. The van der Waals surface area contributed by atoms with Gasteiger partial charge in [0, 0.05) is 29.3 Å². The van der Waals surface area contributed by atoms with Crippen molar-refractivity contribution in [1.29, 1.82) is 5.41 Å². The van der Waals surface area contributed by atoms with E-state index in [2.05, 4.69) is 13.2 Å². The molecule has 276 valence electrons. The van der Waals surface area contributed by atoms with E-state index in [1.165, 1.54) is 0 Å².